The van der Waals surface area contributed by atoms with E-state index in [0.29, 0.717) is 18.0 Å². The Kier molecular flexibility index (Phi) is 3.33. The molecule has 0 radical (unpaired) electrons. The number of nitrogens with two attached hydrogens (primary N) is 1. The molecule has 5 N–H and O–H groups in total. The third kappa shape index (κ3) is 2.41. The number of hydrogen-bond donors (Lipinski definition) is 4. The number of H-pyrrole nitrogens is 1. The van der Waals surface area contributed by atoms with Crippen LogP contribution in [0.25, 0.3) is 0 Å². The van der Waals surface area contributed by atoms with Crippen LogP contribution in [0.2, 0.25) is 0 Å². The van der Waals surface area contributed by atoms with Crippen LogP contribution in [-0.2, 0) is 0 Å². The van der Waals surface area contributed by atoms with E-state index < -0.39 is 0 Å². The van der Waals surface area contributed by atoms with E-state index in [2.05, 4.69) is 15.5 Å². The Morgan fingerprint density at radius 2 is 2.41 bits per heavy atom. The molecule has 1 aromatic rings. The maximum absolute atomic E-state index is 11.9. The van der Waals surface area contributed by atoms with E-state index in [4.69, 9.17) is 10.8 Å². The van der Waals surface area contributed by atoms with Crippen molar-refractivity contribution >= 4 is 11.6 Å². The van der Waals surface area contributed by atoms with Crippen LogP contribution in [0, 0.1) is 0 Å². The van der Waals surface area contributed by atoms with E-state index in [0.717, 1.165) is 18.5 Å². The molecule has 1 unspecified atom stereocenters. The first-order valence-corrected chi connectivity index (χ1v) is 5.92. The number of rotatable bonds is 5. The minimum atomic E-state index is -0.327. The summed E-state index contributed by atoms with van der Waals surface area (Å²) >= 11 is 0. The average Bonchev–Trinajstić information content (AvgIpc) is 3.09. The summed E-state index contributed by atoms with van der Waals surface area (Å²) in [6.45, 7) is 1.81. The lowest BCUT2D eigenvalue weighted by atomic mass is 10.2. The predicted molar refractivity (Wildman–Crippen MR) is 63.6 cm³/mol. The summed E-state index contributed by atoms with van der Waals surface area (Å²) in [4.78, 5) is 11.9. The van der Waals surface area contributed by atoms with Gasteiger partial charge in [0.05, 0.1) is 24.0 Å². The summed E-state index contributed by atoms with van der Waals surface area (Å²) in [5, 5.41) is 18.5. The molecule has 1 aromatic heterocycles. The molecule has 1 heterocycles. The fourth-order valence-electron chi connectivity index (χ4n) is 1.75. The molecule has 1 aliphatic rings. The summed E-state index contributed by atoms with van der Waals surface area (Å²) in [5.74, 6) is 0.107. The summed E-state index contributed by atoms with van der Waals surface area (Å²) in [6, 6.07) is -0.247. The lowest BCUT2D eigenvalue weighted by Crippen LogP contribution is -2.37. The van der Waals surface area contributed by atoms with Crippen molar-refractivity contribution in [2.24, 2.45) is 0 Å². The quantitative estimate of drug-likeness (QED) is 0.595. The molecule has 1 fully saturated rings. The average molecular weight is 238 g/mol. The van der Waals surface area contributed by atoms with Gasteiger partial charge in [-0.3, -0.25) is 9.89 Å². The number of aromatic amines is 1. The monoisotopic (exact) mass is 238 g/mol. The zero-order chi connectivity index (χ0) is 12.4. The first-order valence-electron chi connectivity index (χ1n) is 5.92. The number of carbonyl (C=O) groups excluding carboxylic acids is 1. The molecule has 1 atom stereocenters. The molecule has 0 aliphatic heterocycles. The van der Waals surface area contributed by atoms with E-state index in [1.165, 1.54) is 0 Å². The largest absolute Gasteiger partial charge is 0.395 e. The van der Waals surface area contributed by atoms with Gasteiger partial charge in [0.15, 0.2) is 5.69 Å². The van der Waals surface area contributed by atoms with E-state index in [9.17, 15) is 4.79 Å². The molecule has 6 heteroatoms. The fraction of sp³-hybridized carbons (Fsp3) is 0.636. The molecule has 0 aromatic carbocycles. The highest BCUT2D eigenvalue weighted by Crippen LogP contribution is 2.42. The molecule has 2 rings (SSSR count). The fourth-order valence-corrected chi connectivity index (χ4v) is 1.75. The van der Waals surface area contributed by atoms with Crippen LogP contribution in [0.1, 0.15) is 48.3 Å². The van der Waals surface area contributed by atoms with Gasteiger partial charge in [-0.1, -0.05) is 6.92 Å². The molecule has 94 valence electrons. The van der Waals surface area contributed by atoms with Crippen LogP contribution in [0.4, 0.5) is 5.69 Å². The second-order valence-electron chi connectivity index (χ2n) is 4.44. The van der Waals surface area contributed by atoms with Gasteiger partial charge in [-0.2, -0.15) is 5.10 Å². The van der Waals surface area contributed by atoms with Crippen LogP contribution in [0.3, 0.4) is 0 Å². The smallest absolute Gasteiger partial charge is 0.274 e. The van der Waals surface area contributed by atoms with E-state index in [-0.39, 0.29) is 24.2 Å². The molecular formula is C11H18N4O2. The summed E-state index contributed by atoms with van der Waals surface area (Å²) in [6.07, 6.45) is 2.87. The standard InChI is InChI=1S/C11H18N4O2/c1-2-7(5-16)13-11(17)10-8(12)9(14-15-10)6-3-4-6/h6-7,16H,2-5,12H2,1H3,(H,13,17)(H,14,15). The summed E-state index contributed by atoms with van der Waals surface area (Å²) in [5.41, 5.74) is 7.43. The van der Waals surface area contributed by atoms with Gasteiger partial charge in [-0.25, -0.2) is 0 Å². The number of nitrogens with zero attached hydrogens (tertiary/aromatic N) is 1. The van der Waals surface area contributed by atoms with Crippen molar-refractivity contribution in [1.82, 2.24) is 15.5 Å². The zero-order valence-electron chi connectivity index (χ0n) is 9.86. The number of aromatic nitrogens is 2. The van der Waals surface area contributed by atoms with Gasteiger partial charge < -0.3 is 16.2 Å². The summed E-state index contributed by atoms with van der Waals surface area (Å²) < 4.78 is 0. The predicted octanol–water partition coefficient (Wildman–Crippen LogP) is 0.370. The van der Waals surface area contributed by atoms with Crippen molar-refractivity contribution in [3.05, 3.63) is 11.4 Å². The number of amides is 1. The van der Waals surface area contributed by atoms with E-state index in [1.54, 1.807) is 0 Å². The molecule has 17 heavy (non-hydrogen) atoms. The van der Waals surface area contributed by atoms with Crippen LogP contribution >= 0.6 is 0 Å². The number of aliphatic hydroxyl groups excluding tert-OH is 1. The van der Waals surface area contributed by atoms with Gasteiger partial charge in [0.25, 0.3) is 5.91 Å². The van der Waals surface area contributed by atoms with Gasteiger partial charge >= 0.3 is 0 Å². The topological polar surface area (TPSA) is 104 Å². The second kappa shape index (κ2) is 4.75. The molecule has 1 amide bonds. The van der Waals surface area contributed by atoms with Crippen molar-refractivity contribution in [1.29, 1.82) is 0 Å². The van der Waals surface area contributed by atoms with Crippen molar-refractivity contribution in [3.63, 3.8) is 0 Å². The third-order valence-electron chi connectivity index (χ3n) is 3.08. The minimum Gasteiger partial charge on any atom is -0.395 e. The van der Waals surface area contributed by atoms with Gasteiger partial charge in [0.2, 0.25) is 0 Å². The molecule has 1 saturated carbocycles. The molecule has 1 aliphatic carbocycles. The van der Waals surface area contributed by atoms with Gasteiger partial charge in [-0.15, -0.1) is 0 Å². The molecule has 0 bridgehead atoms. The Bertz CT molecular complexity index is 408. The molecule has 6 nitrogen and oxygen atoms in total. The Morgan fingerprint density at radius 1 is 1.71 bits per heavy atom. The molecule has 0 saturated heterocycles. The van der Waals surface area contributed by atoms with Crippen molar-refractivity contribution in [2.45, 2.75) is 38.1 Å². The Hall–Kier alpha value is -1.56. The van der Waals surface area contributed by atoms with Gasteiger partial charge in [0, 0.05) is 5.92 Å². The first-order chi connectivity index (χ1) is 8.17. The van der Waals surface area contributed by atoms with Crippen molar-refractivity contribution < 1.29 is 9.90 Å². The SMILES string of the molecule is CCC(CO)NC(=O)c1n[nH]c(C2CC2)c1N. The number of nitrogens with one attached hydrogen (secondary N) is 2. The van der Waals surface area contributed by atoms with E-state index >= 15 is 0 Å². The minimum absolute atomic E-state index is 0.0813. The maximum Gasteiger partial charge on any atom is 0.274 e. The highest BCUT2D eigenvalue weighted by Gasteiger charge is 2.30. The highest BCUT2D eigenvalue weighted by molar-refractivity contribution is 5.97. The number of anilines is 1. The Balaban J connectivity index is 2.08. The lowest BCUT2D eigenvalue weighted by Gasteiger charge is -2.12. The second-order valence-corrected chi connectivity index (χ2v) is 4.44. The highest BCUT2D eigenvalue weighted by atomic mass is 16.3. The van der Waals surface area contributed by atoms with E-state index in [1.807, 2.05) is 6.92 Å². The number of carbonyl (C=O) groups is 1. The lowest BCUT2D eigenvalue weighted by molar-refractivity contribution is 0.0911. The van der Waals surface area contributed by atoms with Crippen molar-refractivity contribution in [2.75, 3.05) is 12.3 Å². The van der Waals surface area contributed by atoms with Crippen LogP contribution in [-0.4, -0.2) is 33.9 Å². The Morgan fingerprint density at radius 3 is 2.94 bits per heavy atom. The van der Waals surface area contributed by atoms with Gasteiger partial charge in [-0.05, 0) is 19.3 Å². The molecule has 0 spiro atoms. The Labute approximate surface area is 99.6 Å². The summed E-state index contributed by atoms with van der Waals surface area (Å²) in [7, 11) is 0. The van der Waals surface area contributed by atoms with Crippen molar-refractivity contribution in [3.8, 4) is 0 Å². The van der Waals surface area contributed by atoms with Crippen LogP contribution in [0.15, 0.2) is 0 Å². The number of hydrogen-bond acceptors (Lipinski definition) is 4. The zero-order valence-corrected chi connectivity index (χ0v) is 9.86. The number of aliphatic hydroxyl groups is 1. The first kappa shape index (κ1) is 11.9. The third-order valence-corrected chi connectivity index (χ3v) is 3.08. The maximum atomic E-state index is 11.9. The number of nitrogen functional groups attached to an aromatic ring is 1. The van der Waals surface area contributed by atoms with Gasteiger partial charge in [0.1, 0.15) is 0 Å². The van der Waals surface area contributed by atoms with Crippen LogP contribution in [0.5, 0.6) is 0 Å². The molecular weight excluding hydrogens is 220 g/mol. The van der Waals surface area contributed by atoms with Crippen LogP contribution < -0.4 is 11.1 Å². The normalized spacial score (nSPS) is 16.8.